The van der Waals surface area contributed by atoms with Gasteiger partial charge in [-0.1, -0.05) is 49.5 Å². The fourth-order valence-electron chi connectivity index (χ4n) is 3.64. The third kappa shape index (κ3) is 4.28. The van der Waals surface area contributed by atoms with E-state index in [4.69, 9.17) is 9.47 Å². The number of ether oxygens (including phenoxy) is 2. The predicted octanol–water partition coefficient (Wildman–Crippen LogP) is 5.34. The van der Waals surface area contributed by atoms with E-state index in [0.717, 1.165) is 19.4 Å². The van der Waals surface area contributed by atoms with Crippen LogP contribution < -0.4 is 9.69 Å². The van der Waals surface area contributed by atoms with Crippen molar-refractivity contribution in [2.45, 2.75) is 45.3 Å². The van der Waals surface area contributed by atoms with E-state index in [1.54, 1.807) is 0 Å². The molecule has 1 aliphatic heterocycles. The Morgan fingerprint density at radius 1 is 1.04 bits per heavy atom. The summed E-state index contributed by atoms with van der Waals surface area (Å²) in [7, 11) is -1.78. The molecule has 3 aromatic rings. The first-order valence-electron chi connectivity index (χ1n) is 9.60. The Bertz CT molecular complexity index is 864. The Kier molecular flexibility index (Phi) is 5.95. The lowest BCUT2D eigenvalue weighted by molar-refractivity contribution is -0.168. The molecule has 0 spiro atoms. The SMILES string of the molecule is C[Si](C)(c1ccc(-c2cccs2)s1)c1ccccc1COC1CCCCO1. The number of hydrogen-bond donors (Lipinski definition) is 0. The zero-order valence-corrected chi connectivity index (χ0v) is 18.6. The monoisotopic (exact) mass is 414 g/mol. The summed E-state index contributed by atoms with van der Waals surface area (Å²) in [6.45, 7) is 6.37. The van der Waals surface area contributed by atoms with E-state index in [2.05, 4.69) is 67.0 Å². The zero-order valence-electron chi connectivity index (χ0n) is 15.9. The van der Waals surface area contributed by atoms with E-state index in [1.807, 2.05) is 22.7 Å². The van der Waals surface area contributed by atoms with Crippen molar-refractivity contribution in [3.8, 4) is 9.75 Å². The summed E-state index contributed by atoms with van der Waals surface area (Å²) in [5, 5.41) is 3.62. The first-order valence-corrected chi connectivity index (χ1v) is 14.3. The van der Waals surface area contributed by atoms with Crippen LogP contribution in [0, 0.1) is 0 Å². The summed E-state index contributed by atoms with van der Waals surface area (Å²) < 4.78 is 13.4. The standard InChI is InChI=1S/C22H26O2S2Si/c1-27(2,22-13-12-19(26-22)18-9-7-15-25-18)20-10-4-3-8-17(20)16-24-21-11-5-6-14-23-21/h3-4,7-10,12-13,15,21H,5-6,11,14,16H2,1-2H3. The summed E-state index contributed by atoms with van der Waals surface area (Å²) in [4.78, 5) is 2.74. The molecule has 0 bridgehead atoms. The molecule has 0 N–H and O–H groups in total. The van der Waals surface area contributed by atoms with Crippen molar-refractivity contribution in [3.63, 3.8) is 0 Å². The molecule has 27 heavy (non-hydrogen) atoms. The highest BCUT2D eigenvalue weighted by atomic mass is 32.1. The van der Waals surface area contributed by atoms with E-state index in [1.165, 1.54) is 31.4 Å². The molecular formula is C22H26O2S2Si. The maximum atomic E-state index is 6.11. The normalized spacial score (nSPS) is 17.9. The molecule has 0 amide bonds. The van der Waals surface area contributed by atoms with Crippen molar-refractivity contribution < 1.29 is 9.47 Å². The maximum absolute atomic E-state index is 6.11. The summed E-state index contributed by atoms with van der Waals surface area (Å²) in [6.07, 6.45) is 3.33. The summed E-state index contributed by atoms with van der Waals surface area (Å²) in [5.41, 5.74) is 1.31. The van der Waals surface area contributed by atoms with Gasteiger partial charge in [-0.05, 0) is 52.0 Å². The van der Waals surface area contributed by atoms with Crippen molar-refractivity contribution in [2.75, 3.05) is 6.61 Å². The summed E-state index contributed by atoms with van der Waals surface area (Å²) >= 11 is 3.77. The van der Waals surface area contributed by atoms with Gasteiger partial charge in [-0.15, -0.1) is 22.7 Å². The van der Waals surface area contributed by atoms with Crippen molar-refractivity contribution >= 4 is 40.4 Å². The van der Waals surface area contributed by atoms with Gasteiger partial charge in [-0.2, -0.15) is 0 Å². The fourth-order valence-corrected chi connectivity index (χ4v) is 9.15. The maximum Gasteiger partial charge on any atom is 0.158 e. The molecule has 1 aliphatic rings. The first kappa shape index (κ1) is 19.1. The smallest absolute Gasteiger partial charge is 0.158 e. The Morgan fingerprint density at radius 2 is 1.93 bits per heavy atom. The molecule has 2 aromatic heterocycles. The molecule has 1 saturated heterocycles. The minimum atomic E-state index is -1.78. The van der Waals surface area contributed by atoms with E-state index < -0.39 is 8.07 Å². The molecule has 1 fully saturated rings. The van der Waals surface area contributed by atoms with Crippen LogP contribution in [0.3, 0.4) is 0 Å². The zero-order chi connectivity index (χ0) is 18.7. The van der Waals surface area contributed by atoms with E-state index >= 15 is 0 Å². The van der Waals surface area contributed by atoms with Gasteiger partial charge in [0.15, 0.2) is 6.29 Å². The third-order valence-electron chi connectivity index (χ3n) is 5.24. The van der Waals surface area contributed by atoms with Crippen LogP contribution in [0.2, 0.25) is 13.1 Å². The molecule has 142 valence electrons. The number of rotatable bonds is 6. The average molecular weight is 415 g/mol. The van der Waals surface area contributed by atoms with Crippen LogP contribution in [0.25, 0.3) is 9.75 Å². The summed E-state index contributed by atoms with van der Waals surface area (Å²) in [5.74, 6) is 0. The van der Waals surface area contributed by atoms with Gasteiger partial charge in [0.1, 0.15) is 8.07 Å². The van der Waals surface area contributed by atoms with Crippen molar-refractivity contribution in [3.05, 3.63) is 59.5 Å². The lowest BCUT2D eigenvalue weighted by Crippen LogP contribution is -2.53. The second-order valence-corrected chi connectivity index (χ2v) is 14.3. The van der Waals surface area contributed by atoms with Gasteiger partial charge < -0.3 is 9.47 Å². The van der Waals surface area contributed by atoms with Crippen LogP contribution in [0.1, 0.15) is 24.8 Å². The van der Waals surface area contributed by atoms with Crippen molar-refractivity contribution in [2.24, 2.45) is 0 Å². The highest BCUT2D eigenvalue weighted by Crippen LogP contribution is 2.29. The highest BCUT2D eigenvalue weighted by molar-refractivity contribution is 7.32. The van der Waals surface area contributed by atoms with Crippen molar-refractivity contribution in [1.82, 2.24) is 0 Å². The minimum absolute atomic E-state index is 0.0382. The topological polar surface area (TPSA) is 18.5 Å². The first-order chi connectivity index (χ1) is 13.1. The summed E-state index contributed by atoms with van der Waals surface area (Å²) in [6, 6.07) is 17.8. The Hall–Kier alpha value is -1.24. The lowest BCUT2D eigenvalue weighted by atomic mass is 10.2. The number of benzene rings is 1. The molecule has 2 nitrogen and oxygen atoms in total. The second-order valence-electron chi connectivity index (χ2n) is 7.53. The predicted molar refractivity (Wildman–Crippen MR) is 119 cm³/mol. The van der Waals surface area contributed by atoms with Crippen LogP contribution in [-0.4, -0.2) is 21.0 Å². The quantitative estimate of drug-likeness (QED) is 0.507. The third-order valence-corrected chi connectivity index (χ3v) is 12.3. The Morgan fingerprint density at radius 3 is 2.70 bits per heavy atom. The molecule has 0 radical (unpaired) electrons. The van der Waals surface area contributed by atoms with Crippen molar-refractivity contribution in [1.29, 1.82) is 0 Å². The molecule has 4 rings (SSSR count). The van der Waals surface area contributed by atoms with Gasteiger partial charge in [-0.3, -0.25) is 0 Å². The van der Waals surface area contributed by atoms with Gasteiger partial charge in [-0.25, -0.2) is 0 Å². The van der Waals surface area contributed by atoms with Crippen LogP contribution in [0.5, 0.6) is 0 Å². The van der Waals surface area contributed by atoms with Crippen LogP contribution in [0.15, 0.2) is 53.9 Å². The molecule has 3 heterocycles. The molecule has 1 aromatic carbocycles. The van der Waals surface area contributed by atoms with Crippen LogP contribution in [0.4, 0.5) is 0 Å². The van der Waals surface area contributed by atoms with Crippen LogP contribution in [-0.2, 0) is 16.1 Å². The second kappa shape index (κ2) is 8.41. The van der Waals surface area contributed by atoms with Gasteiger partial charge in [0.05, 0.1) is 6.61 Å². The fraction of sp³-hybridized carbons (Fsp3) is 0.364. The van der Waals surface area contributed by atoms with E-state index in [9.17, 15) is 0 Å². The van der Waals surface area contributed by atoms with Gasteiger partial charge >= 0.3 is 0 Å². The molecule has 0 saturated carbocycles. The van der Waals surface area contributed by atoms with Crippen LogP contribution >= 0.6 is 22.7 Å². The van der Waals surface area contributed by atoms with E-state index in [0.29, 0.717) is 6.61 Å². The largest absolute Gasteiger partial charge is 0.353 e. The Balaban J connectivity index is 1.56. The average Bonchev–Trinajstić information content (AvgIpc) is 3.39. The molecular weight excluding hydrogens is 388 g/mol. The Labute approximate surface area is 170 Å². The minimum Gasteiger partial charge on any atom is -0.353 e. The van der Waals surface area contributed by atoms with Gasteiger partial charge in [0.25, 0.3) is 0 Å². The molecule has 0 aliphatic carbocycles. The highest BCUT2D eigenvalue weighted by Gasteiger charge is 2.30. The van der Waals surface area contributed by atoms with Gasteiger partial charge in [0.2, 0.25) is 0 Å². The van der Waals surface area contributed by atoms with E-state index in [-0.39, 0.29) is 6.29 Å². The lowest BCUT2D eigenvalue weighted by Gasteiger charge is -2.27. The number of hydrogen-bond acceptors (Lipinski definition) is 4. The van der Waals surface area contributed by atoms with Gasteiger partial charge in [0, 0.05) is 16.4 Å². The molecule has 1 atom stereocenters. The molecule has 1 unspecified atom stereocenters. The molecule has 5 heteroatoms. The number of thiophene rings is 2.